The first kappa shape index (κ1) is 23.9. The second kappa shape index (κ2) is 9.92. The van der Waals surface area contributed by atoms with E-state index < -0.39 is 17.5 Å². The van der Waals surface area contributed by atoms with Crippen LogP contribution in [-0.4, -0.2) is 37.6 Å². The highest BCUT2D eigenvalue weighted by Gasteiger charge is 2.36. The van der Waals surface area contributed by atoms with Crippen molar-refractivity contribution in [3.8, 4) is 11.4 Å². The van der Waals surface area contributed by atoms with Crippen molar-refractivity contribution in [2.24, 2.45) is 0 Å². The molecule has 2 aromatic carbocycles. The average molecular weight is 473 g/mol. The van der Waals surface area contributed by atoms with Crippen molar-refractivity contribution in [3.63, 3.8) is 0 Å². The summed E-state index contributed by atoms with van der Waals surface area (Å²) in [6.07, 6.45) is 1.48. The Morgan fingerprint density at radius 1 is 1.03 bits per heavy atom. The molecule has 0 fully saturated rings. The molecule has 0 spiro atoms. The molecule has 2 aromatic heterocycles. The molecule has 9 nitrogen and oxygen atoms in total. The minimum Gasteiger partial charge on any atom is -0.467 e. The van der Waals surface area contributed by atoms with Crippen LogP contribution in [-0.2, 0) is 16.1 Å². The molecule has 1 N–H and O–H groups in total. The first-order chi connectivity index (χ1) is 16.7. The zero-order valence-electron chi connectivity index (χ0n) is 20.2. The first-order valence-corrected chi connectivity index (χ1v) is 11.3. The van der Waals surface area contributed by atoms with Crippen LogP contribution in [0.3, 0.4) is 0 Å². The third-order valence-corrected chi connectivity index (χ3v) is 5.16. The van der Waals surface area contributed by atoms with Crippen molar-refractivity contribution in [2.45, 2.75) is 45.8 Å². The average Bonchev–Trinajstić information content (AvgIpc) is 3.49. The van der Waals surface area contributed by atoms with Gasteiger partial charge in [0.2, 0.25) is 5.82 Å². The first-order valence-electron chi connectivity index (χ1n) is 11.3. The highest BCUT2D eigenvalue weighted by atomic mass is 16.3. The summed E-state index contributed by atoms with van der Waals surface area (Å²) in [7, 11) is 0. The fourth-order valence-corrected chi connectivity index (χ4v) is 3.61. The minimum atomic E-state index is -1.03. The zero-order chi connectivity index (χ0) is 25.0. The quantitative estimate of drug-likeness (QED) is 0.437. The number of tetrazole rings is 1. The Hall–Kier alpha value is -4.27. The van der Waals surface area contributed by atoms with E-state index in [-0.39, 0.29) is 12.5 Å². The number of carbonyl (C=O) groups is 2. The van der Waals surface area contributed by atoms with Gasteiger partial charge in [-0.3, -0.25) is 14.5 Å². The molecule has 9 heteroatoms. The monoisotopic (exact) mass is 472 g/mol. The van der Waals surface area contributed by atoms with Crippen LogP contribution in [0.15, 0.2) is 77.4 Å². The van der Waals surface area contributed by atoms with Crippen molar-refractivity contribution >= 4 is 17.5 Å². The number of aryl methyl sites for hydroxylation is 1. The van der Waals surface area contributed by atoms with Crippen molar-refractivity contribution in [3.05, 3.63) is 84.3 Å². The maximum absolute atomic E-state index is 13.7. The van der Waals surface area contributed by atoms with Crippen LogP contribution in [0.5, 0.6) is 0 Å². The van der Waals surface area contributed by atoms with Gasteiger partial charge in [-0.05, 0) is 57.2 Å². The number of aromatic nitrogens is 4. The number of nitrogens with one attached hydrogen (secondary N) is 1. The molecular weight excluding hydrogens is 444 g/mol. The number of amides is 2. The fraction of sp³-hybridized carbons (Fsp3) is 0.269. The van der Waals surface area contributed by atoms with Crippen LogP contribution in [0.4, 0.5) is 5.69 Å². The van der Waals surface area contributed by atoms with Crippen LogP contribution >= 0.6 is 0 Å². The predicted octanol–water partition coefficient (Wildman–Crippen LogP) is 3.93. The molecule has 0 saturated heterocycles. The van der Waals surface area contributed by atoms with E-state index >= 15 is 0 Å². The third-order valence-electron chi connectivity index (χ3n) is 5.16. The van der Waals surface area contributed by atoms with E-state index in [9.17, 15) is 9.59 Å². The molecule has 4 rings (SSSR count). The number of hydrogen-bond acceptors (Lipinski definition) is 6. The standard InChI is InChI=1S/C26H28N6O3/c1-18-12-14-19(15-13-18)24-28-30-31(29-24)17-22(33)32(20-9-6-5-7-10-20)23(21-11-8-16-35-21)25(34)27-26(2,3)4/h5-16,23H,17H2,1-4H3,(H,27,34)/t23-/m0/s1. The van der Waals surface area contributed by atoms with Crippen LogP contribution < -0.4 is 10.2 Å². The molecule has 2 amide bonds. The molecule has 35 heavy (non-hydrogen) atoms. The third kappa shape index (κ3) is 5.81. The largest absolute Gasteiger partial charge is 0.467 e. The number of furan rings is 1. The summed E-state index contributed by atoms with van der Waals surface area (Å²) in [5.74, 6) is -0.000898. The van der Waals surface area contributed by atoms with Gasteiger partial charge in [-0.15, -0.1) is 10.2 Å². The molecule has 0 radical (unpaired) electrons. The second-order valence-corrected chi connectivity index (χ2v) is 9.27. The number of benzene rings is 2. The number of carbonyl (C=O) groups excluding carboxylic acids is 2. The van der Waals surface area contributed by atoms with E-state index in [1.807, 2.05) is 58.0 Å². The number of anilines is 1. The van der Waals surface area contributed by atoms with E-state index in [0.717, 1.165) is 11.1 Å². The molecule has 0 aliphatic heterocycles. The van der Waals surface area contributed by atoms with Crippen LogP contribution in [0, 0.1) is 6.92 Å². The molecule has 0 unspecified atom stereocenters. The van der Waals surface area contributed by atoms with Gasteiger partial charge in [0.15, 0.2) is 6.04 Å². The SMILES string of the molecule is Cc1ccc(-c2nnn(CC(=O)N(c3ccccc3)[C@H](C(=O)NC(C)(C)C)c3ccco3)n2)cc1. The second-order valence-electron chi connectivity index (χ2n) is 9.27. The van der Waals surface area contributed by atoms with Gasteiger partial charge >= 0.3 is 0 Å². The topological polar surface area (TPSA) is 106 Å². The minimum absolute atomic E-state index is 0.215. The Kier molecular flexibility index (Phi) is 6.77. The Bertz CT molecular complexity index is 1270. The predicted molar refractivity (Wildman–Crippen MR) is 131 cm³/mol. The Morgan fingerprint density at radius 2 is 1.74 bits per heavy atom. The van der Waals surface area contributed by atoms with E-state index in [1.165, 1.54) is 16.0 Å². The molecule has 0 aliphatic rings. The smallest absolute Gasteiger partial charge is 0.251 e. The molecule has 180 valence electrons. The maximum Gasteiger partial charge on any atom is 0.251 e. The van der Waals surface area contributed by atoms with Gasteiger partial charge in [0.05, 0.1) is 6.26 Å². The summed E-state index contributed by atoms with van der Waals surface area (Å²) < 4.78 is 5.60. The number of rotatable bonds is 7. The summed E-state index contributed by atoms with van der Waals surface area (Å²) in [4.78, 5) is 29.8. The molecule has 2 heterocycles. The molecule has 4 aromatic rings. The van der Waals surface area contributed by atoms with Crippen molar-refractivity contribution in [2.75, 3.05) is 4.90 Å². The van der Waals surface area contributed by atoms with Gasteiger partial charge in [0.1, 0.15) is 12.3 Å². The summed E-state index contributed by atoms with van der Waals surface area (Å²) >= 11 is 0. The maximum atomic E-state index is 13.7. The van der Waals surface area contributed by atoms with Gasteiger partial charge in [-0.1, -0.05) is 48.0 Å². The summed E-state index contributed by atoms with van der Waals surface area (Å²) in [6.45, 7) is 7.42. The van der Waals surface area contributed by atoms with E-state index in [2.05, 4.69) is 20.7 Å². The van der Waals surface area contributed by atoms with E-state index in [1.54, 1.807) is 36.4 Å². The Labute approximate surface area is 203 Å². The highest BCUT2D eigenvalue weighted by Crippen LogP contribution is 2.29. The van der Waals surface area contributed by atoms with Gasteiger partial charge in [0, 0.05) is 16.8 Å². The van der Waals surface area contributed by atoms with Gasteiger partial charge < -0.3 is 9.73 Å². The highest BCUT2D eigenvalue weighted by molar-refractivity contribution is 6.01. The molecule has 0 aliphatic carbocycles. The zero-order valence-corrected chi connectivity index (χ0v) is 20.2. The van der Waals surface area contributed by atoms with Gasteiger partial charge in [-0.2, -0.15) is 4.80 Å². The van der Waals surface area contributed by atoms with Crippen molar-refractivity contribution in [1.82, 2.24) is 25.5 Å². The van der Waals surface area contributed by atoms with E-state index in [4.69, 9.17) is 4.42 Å². The molecule has 1 atom stereocenters. The van der Waals surface area contributed by atoms with Crippen LogP contribution in [0.2, 0.25) is 0 Å². The Morgan fingerprint density at radius 3 is 2.37 bits per heavy atom. The van der Waals surface area contributed by atoms with Crippen molar-refractivity contribution < 1.29 is 14.0 Å². The van der Waals surface area contributed by atoms with Crippen LogP contribution in [0.1, 0.15) is 38.1 Å². The lowest BCUT2D eigenvalue weighted by Gasteiger charge is -2.32. The Balaban J connectivity index is 1.67. The molecule has 0 bridgehead atoms. The summed E-state index contributed by atoms with van der Waals surface area (Å²) in [6, 6.07) is 19.0. The number of nitrogens with zero attached hydrogens (tertiary/aromatic N) is 5. The lowest BCUT2D eigenvalue weighted by molar-refractivity contribution is -0.128. The number of hydrogen-bond donors (Lipinski definition) is 1. The lowest BCUT2D eigenvalue weighted by Crippen LogP contribution is -2.50. The number of para-hydroxylation sites is 1. The normalized spacial score (nSPS) is 12.2. The van der Waals surface area contributed by atoms with Crippen LogP contribution in [0.25, 0.3) is 11.4 Å². The molecular formula is C26H28N6O3. The van der Waals surface area contributed by atoms with E-state index in [0.29, 0.717) is 17.3 Å². The van der Waals surface area contributed by atoms with Crippen molar-refractivity contribution in [1.29, 1.82) is 0 Å². The van der Waals surface area contributed by atoms with Gasteiger partial charge in [0.25, 0.3) is 11.8 Å². The summed E-state index contributed by atoms with van der Waals surface area (Å²) in [5.41, 5.74) is 1.95. The lowest BCUT2D eigenvalue weighted by atomic mass is 10.1. The fourth-order valence-electron chi connectivity index (χ4n) is 3.61. The summed E-state index contributed by atoms with van der Waals surface area (Å²) in [5, 5.41) is 15.5. The molecule has 0 saturated carbocycles. The van der Waals surface area contributed by atoms with Gasteiger partial charge in [-0.25, -0.2) is 0 Å².